The normalized spacial score (nSPS) is 22.9. The topological polar surface area (TPSA) is 92.8 Å². The molecule has 0 aromatic heterocycles. The van der Waals surface area contributed by atoms with Crippen LogP contribution in [-0.2, 0) is 23.9 Å². The summed E-state index contributed by atoms with van der Waals surface area (Å²) in [6, 6.07) is 5.76. The number of hydrogen-bond donors (Lipinski definition) is 1. The number of carbonyl (C=O) groups excluding carboxylic acids is 4. The maximum Gasteiger partial charge on any atom is 0.309 e. The Balaban J connectivity index is 1.45. The van der Waals surface area contributed by atoms with Crippen LogP contribution in [0.5, 0.6) is 0 Å². The van der Waals surface area contributed by atoms with E-state index in [9.17, 15) is 19.2 Å². The van der Waals surface area contributed by atoms with Crippen molar-refractivity contribution < 1.29 is 23.9 Å². The summed E-state index contributed by atoms with van der Waals surface area (Å²) in [6.45, 7) is 3.31. The molecule has 0 heterocycles. The molecule has 2 amide bonds. The molecule has 2 fully saturated rings. The second kappa shape index (κ2) is 9.41. The van der Waals surface area contributed by atoms with E-state index >= 15 is 0 Å². The van der Waals surface area contributed by atoms with E-state index in [-0.39, 0.29) is 36.0 Å². The van der Waals surface area contributed by atoms with Gasteiger partial charge in [0.1, 0.15) is 5.78 Å². The third kappa shape index (κ3) is 5.26. The second-order valence-corrected chi connectivity index (χ2v) is 8.62. The number of likely N-dealkylation sites (N-methyl/N-ethyl adjacent to an activating group) is 1. The van der Waals surface area contributed by atoms with Crippen LogP contribution < -0.4 is 5.32 Å². The lowest BCUT2D eigenvalue weighted by Crippen LogP contribution is -2.41. The number of Topliss-reactive ketones (excluding diaryl/α,β-unsaturated/α-hetero) is 1. The maximum atomic E-state index is 12.4. The van der Waals surface area contributed by atoms with E-state index in [1.165, 1.54) is 11.9 Å². The molecule has 0 radical (unpaired) electrons. The van der Waals surface area contributed by atoms with Gasteiger partial charge in [-0.3, -0.25) is 19.2 Å². The predicted octanol–water partition coefficient (Wildman–Crippen LogP) is 2.64. The number of benzene rings is 1. The van der Waals surface area contributed by atoms with Crippen LogP contribution in [0.25, 0.3) is 0 Å². The number of rotatable bonds is 6. The quantitative estimate of drug-likeness (QED) is 0.723. The van der Waals surface area contributed by atoms with E-state index in [0.717, 1.165) is 30.4 Å². The monoisotopic (exact) mass is 414 g/mol. The molecular formula is C23H30N2O5. The summed E-state index contributed by atoms with van der Waals surface area (Å²) in [6.07, 6.45) is 3.77. The van der Waals surface area contributed by atoms with Gasteiger partial charge in [0.05, 0.1) is 12.5 Å². The first kappa shape index (κ1) is 22.0. The minimum atomic E-state index is -0.438. The number of hydrogen-bond acceptors (Lipinski definition) is 5. The highest BCUT2D eigenvalue weighted by molar-refractivity contribution is 5.95. The van der Waals surface area contributed by atoms with E-state index in [0.29, 0.717) is 18.5 Å². The van der Waals surface area contributed by atoms with E-state index < -0.39 is 18.5 Å². The maximum absolute atomic E-state index is 12.4. The van der Waals surface area contributed by atoms with Gasteiger partial charge in [0, 0.05) is 24.6 Å². The van der Waals surface area contributed by atoms with E-state index in [4.69, 9.17) is 4.74 Å². The molecule has 0 spiro atoms. The number of anilines is 1. The summed E-state index contributed by atoms with van der Waals surface area (Å²) >= 11 is 0. The third-order valence-electron chi connectivity index (χ3n) is 6.19. The number of carbonyl (C=O) groups is 4. The van der Waals surface area contributed by atoms with Gasteiger partial charge in [-0.1, -0.05) is 18.6 Å². The molecule has 1 aromatic carbocycles. The lowest BCUT2D eigenvalue weighted by Gasteiger charge is -2.36. The molecule has 2 aliphatic carbocycles. The average molecular weight is 415 g/mol. The molecule has 162 valence electrons. The molecule has 2 saturated carbocycles. The zero-order chi connectivity index (χ0) is 21.8. The van der Waals surface area contributed by atoms with Gasteiger partial charge in [-0.05, 0) is 56.7 Å². The highest BCUT2D eigenvalue weighted by Crippen LogP contribution is 2.40. The highest BCUT2D eigenvalue weighted by Gasteiger charge is 2.41. The van der Waals surface area contributed by atoms with Gasteiger partial charge in [-0.2, -0.15) is 0 Å². The Bertz CT molecular complexity index is 834. The van der Waals surface area contributed by atoms with Gasteiger partial charge >= 0.3 is 5.97 Å². The average Bonchev–Trinajstić information content (AvgIpc) is 2.68. The van der Waals surface area contributed by atoms with Crippen molar-refractivity contribution in [2.75, 3.05) is 25.5 Å². The predicted molar refractivity (Wildman–Crippen MR) is 112 cm³/mol. The molecular weight excluding hydrogens is 384 g/mol. The van der Waals surface area contributed by atoms with Crippen molar-refractivity contribution >= 4 is 29.3 Å². The fraction of sp³-hybridized carbons (Fsp3) is 0.565. The molecule has 0 aliphatic heterocycles. The number of ether oxygens (including phenoxy) is 1. The van der Waals surface area contributed by atoms with E-state index in [1.54, 1.807) is 0 Å². The summed E-state index contributed by atoms with van der Waals surface area (Å²) in [5.41, 5.74) is 2.68. The van der Waals surface area contributed by atoms with Crippen LogP contribution in [0.2, 0.25) is 0 Å². The van der Waals surface area contributed by atoms with Crippen LogP contribution in [0.1, 0.15) is 43.2 Å². The standard InChI is InChI=1S/C23H30N2O5/c1-14-7-8-15(2)19(9-14)24-20(26)12-25(3)21(27)13-30-23(29)18-10-16-5-4-6-17(11-18)22(16)28/h7-9,16-18H,4-6,10-13H2,1-3H3,(H,24,26). The molecule has 2 unspecified atom stereocenters. The highest BCUT2D eigenvalue weighted by atomic mass is 16.5. The van der Waals surface area contributed by atoms with Crippen LogP contribution in [0.4, 0.5) is 5.69 Å². The Labute approximate surface area is 177 Å². The molecule has 7 heteroatoms. The van der Waals surface area contributed by atoms with Crippen molar-refractivity contribution in [2.24, 2.45) is 17.8 Å². The largest absolute Gasteiger partial charge is 0.455 e. The van der Waals surface area contributed by atoms with Gasteiger partial charge < -0.3 is 15.0 Å². The van der Waals surface area contributed by atoms with Crippen LogP contribution in [0.15, 0.2) is 18.2 Å². The first-order valence-corrected chi connectivity index (χ1v) is 10.6. The zero-order valence-electron chi connectivity index (χ0n) is 17.9. The fourth-order valence-corrected chi connectivity index (χ4v) is 4.40. The smallest absolute Gasteiger partial charge is 0.309 e. The molecule has 2 aliphatic rings. The van der Waals surface area contributed by atoms with E-state index in [1.807, 2.05) is 32.0 Å². The molecule has 0 saturated heterocycles. The van der Waals surface area contributed by atoms with Gasteiger partial charge in [-0.15, -0.1) is 0 Å². The Morgan fingerprint density at radius 1 is 1.13 bits per heavy atom. The van der Waals surface area contributed by atoms with Crippen molar-refractivity contribution in [3.05, 3.63) is 29.3 Å². The Morgan fingerprint density at radius 2 is 1.80 bits per heavy atom. The molecule has 2 atom stereocenters. The first-order valence-electron chi connectivity index (χ1n) is 10.6. The summed E-state index contributed by atoms with van der Waals surface area (Å²) in [4.78, 5) is 50.4. The zero-order valence-corrected chi connectivity index (χ0v) is 17.9. The third-order valence-corrected chi connectivity index (χ3v) is 6.19. The molecule has 30 heavy (non-hydrogen) atoms. The van der Waals surface area contributed by atoms with Crippen molar-refractivity contribution in [2.45, 2.75) is 46.0 Å². The Kier molecular flexibility index (Phi) is 6.90. The van der Waals surface area contributed by atoms with Crippen LogP contribution >= 0.6 is 0 Å². The lowest BCUT2D eigenvalue weighted by molar-refractivity contribution is -0.158. The minimum Gasteiger partial charge on any atom is -0.455 e. The van der Waals surface area contributed by atoms with Crippen molar-refractivity contribution in [3.63, 3.8) is 0 Å². The van der Waals surface area contributed by atoms with Crippen molar-refractivity contribution in [1.82, 2.24) is 4.90 Å². The molecule has 3 rings (SSSR count). The number of nitrogens with one attached hydrogen (secondary N) is 1. The molecule has 7 nitrogen and oxygen atoms in total. The van der Waals surface area contributed by atoms with Gasteiger partial charge in [0.25, 0.3) is 5.91 Å². The number of fused-ring (bicyclic) bond motifs is 2. The number of ketones is 1. The van der Waals surface area contributed by atoms with Crippen LogP contribution in [0, 0.1) is 31.6 Å². The van der Waals surface area contributed by atoms with Crippen molar-refractivity contribution in [1.29, 1.82) is 0 Å². The Morgan fingerprint density at radius 3 is 2.47 bits per heavy atom. The fourth-order valence-electron chi connectivity index (χ4n) is 4.40. The molecule has 1 aromatic rings. The number of esters is 1. The number of aryl methyl sites for hydroxylation is 2. The second-order valence-electron chi connectivity index (χ2n) is 8.62. The molecule has 1 N–H and O–H groups in total. The summed E-state index contributed by atoms with van der Waals surface area (Å²) in [5, 5.41) is 2.81. The van der Waals surface area contributed by atoms with Crippen LogP contribution in [-0.4, -0.2) is 48.7 Å². The van der Waals surface area contributed by atoms with Gasteiger partial charge in [-0.25, -0.2) is 0 Å². The summed E-state index contributed by atoms with van der Waals surface area (Å²) < 4.78 is 5.23. The van der Waals surface area contributed by atoms with Gasteiger partial charge in [0.15, 0.2) is 6.61 Å². The summed E-state index contributed by atoms with van der Waals surface area (Å²) in [7, 11) is 1.50. The Hall–Kier alpha value is -2.70. The SMILES string of the molecule is Cc1ccc(C)c(NC(=O)CN(C)C(=O)COC(=O)C2CC3CCCC(C2)C3=O)c1. The number of amides is 2. The van der Waals surface area contributed by atoms with E-state index in [2.05, 4.69) is 5.32 Å². The van der Waals surface area contributed by atoms with Crippen LogP contribution in [0.3, 0.4) is 0 Å². The van der Waals surface area contributed by atoms with Crippen molar-refractivity contribution in [3.8, 4) is 0 Å². The molecule has 2 bridgehead atoms. The number of nitrogens with zero attached hydrogens (tertiary/aromatic N) is 1. The first-order chi connectivity index (χ1) is 14.2. The van der Waals surface area contributed by atoms with Gasteiger partial charge in [0.2, 0.25) is 5.91 Å². The lowest BCUT2D eigenvalue weighted by atomic mass is 9.67. The summed E-state index contributed by atoms with van der Waals surface area (Å²) in [5.74, 6) is -1.28. The minimum absolute atomic E-state index is 0.0396.